The van der Waals surface area contributed by atoms with Crippen molar-refractivity contribution < 1.29 is 4.74 Å². The van der Waals surface area contributed by atoms with Crippen LogP contribution < -0.4 is 9.64 Å². The van der Waals surface area contributed by atoms with Crippen molar-refractivity contribution in [3.05, 3.63) is 176 Å². The fraction of sp³-hybridized carbons (Fsp3) is 0. The molecule has 1 aliphatic heterocycles. The number of rotatable bonds is 5. The van der Waals surface area contributed by atoms with E-state index in [4.69, 9.17) is 4.74 Å². The highest BCUT2D eigenvalue weighted by Gasteiger charge is 2.22. The fourth-order valence-electron chi connectivity index (χ4n) is 6.92. The first-order valence-electron chi connectivity index (χ1n) is 15.7. The van der Waals surface area contributed by atoms with Crippen molar-refractivity contribution in [1.82, 2.24) is 0 Å². The number of para-hydroxylation sites is 2. The van der Waals surface area contributed by atoms with Gasteiger partial charge in [-0.3, -0.25) is 0 Å². The lowest BCUT2D eigenvalue weighted by Crippen LogP contribution is -2.11. The Labute approximate surface area is 268 Å². The van der Waals surface area contributed by atoms with Gasteiger partial charge in [0.1, 0.15) is 11.5 Å². The second-order valence-electron chi connectivity index (χ2n) is 11.7. The highest BCUT2D eigenvalue weighted by atomic mass is 16.5. The van der Waals surface area contributed by atoms with Gasteiger partial charge in [-0.15, -0.1) is 0 Å². The first-order chi connectivity index (χ1) is 22.8. The summed E-state index contributed by atoms with van der Waals surface area (Å²) in [5.41, 5.74) is 10.4. The van der Waals surface area contributed by atoms with Crippen LogP contribution in [0.5, 0.6) is 11.5 Å². The zero-order valence-electron chi connectivity index (χ0n) is 25.1. The topological polar surface area (TPSA) is 12.5 Å². The van der Waals surface area contributed by atoms with Crippen LogP contribution in [0.25, 0.3) is 54.9 Å². The summed E-state index contributed by atoms with van der Waals surface area (Å²) in [6.45, 7) is 0. The minimum Gasteiger partial charge on any atom is -0.456 e. The second kappa shape index (κ2) is 10.8. The van der Waals surface area contributed by atoms with Crippen molar-refractivity contribution in [2.75, 3.05) is 4.90 Å². The first kappa shape index (κ1) is 26.3. The van der Waals surface area contributed by atoms with E-state index in [1.54, 1.807) is 0 Å². The minimum absolute atomic E-state index is 0.886. The van der Waals surface area contributed by atoms with Crippen molar-refractivity contribution in [3.63, 3.8) is 0 Å². The quantitative estimate of drug-likeness (QED) is 0.199. The van der Waals surface area contributed by atoms with E-state index in [0.29, 0.717) is 0 Å². The van der Waals surface area contributed by atoms with E-state index in [-0.39, 0.29) is 0 Å². The van der Waals surface area contributed by atoms with Gasteiger partial charge in [0.2, 0.25) is 0 Å². The van der Waals surface area contributed by atoms with Gasteiger partial charge in [-0.1, -0.05) is 127 Å². The molecule has 1 aliphatic rings. The molecule has 8 aromatic rings. The summed E-state index contributed by atoms with van der Waals surface area (Å²) in [5.74, 6) is 1.80. The normalized spacial score (nSPS) is 11.7. The molecule has 0 fully saturated rings. The van der Waals surface area contributed by atoms with Crippen LogP contribution >= 0.6 is 0 Å². The van der Waals surface area contributed by atoms with Gasteiger partial charge < -0.3 is 9.64 Å². The Morgan fingerprint density at radius 1 is 0.370 bits per heavy atom. The predicted molar refractivity (Wildman–Crippen MR) is 193 cm³/mol. The van der Waals surface area contributed by atoms with E-state index < -0.39 is 0 Å². The van der Waals surface area contributed by atoms with Crippen molar-refractivity contribution in [1.29, 1.82) is 0 Å². The van der Waals surface area contributed by atoms with Gasteiger partial charge in [-0.2, -0.15) is 0 Å². The summed E-state index contributed by atoms with van der Waals surface area (Å²) in [6, 6.07) is 62.7. The third kappa shape index (κ3) is 4.35. The standard InChI is InChI=1S/C44H29NO/c1-2-15-34(16-3-1)45(35-26-23-31(24-27-35)37-19-8-12-30-11-4-5-17-36(30)37)41-21-7-6-18-38(41)33-25-28-42-40(29-33)39-20-9-13-32-14-10-22-43(46-42)44(32)39/h1-29H. The number of anilines is 3. The summed E-state index contributed by atoms with van der Waals surface area (Å²) < 4.78 is 6.42. The molecule has 0 radical (unpaired) electrons. The molecule has 0 saturated heterocycles. The smallest absolute Gasteiger partial charge is 0.135 e. The molecule has 0 spiro atoms. The fourth-order valence-corrected chi connectivity index (χ4v) is 6.92. The molecule has 8 aromatic carbocycles. The molecular formula is C44H29NO. The summed E-state index contributed by atoms with van der Waals surface area (Å²) in [6.07, 6.45) is 0. The number of ether oxygens (including phenoxy) is 1. The molecule has 1 heterocycles. The summed E-state index contributed by atoms with van der Waals surface area (Å²) >= 11 is 0. The Bertz CT molecular complexity index is 2380. The summed E-state index contributed by atoms with van der Waals surface area (Å²) in [4.78, 5) is 2.36. The van der Waals surface area contributed by atoms with Crippen LogP contribution in [-0.4, -0.2) is 0 Å². The number of hydrogen-bond donors (Lipinski definition) is 0. The molecular weight excluding hydrogens is 558 g/mol. The minimum atomic E-state index is 0.886. The number of nitrogens with zero attached hydrogens (tertiary/aromatic N) is 1. The zero-order valence-corrected chi connectivity index (χ0v) is 25.1. The molecule has 0 N–H and O–H groups in total. The van der Waals surface area contributed by atoms with E-state index in [2.05, 4.69) is 181 Å². The largest absolute Gasteiger partial charge is 0.456 e. The van der Waals surface area contributed by atoms with E-state index >= 15 is 0 Å². The molecule has 0 bridgehead atoms. The molecule has 9 rings (SSSR count). The third-order valence-electron chi connectivity index (χ3n) is 9.05. The lowest BCUT2D eigenvalue weighted by Gasteiger charge is -2.28. The molecule has 0 unspecified atom stereocenters. The Balaban J connectivity index is 1.18. The maximum atomic E-state index is 6.42. The van der Waals surface area contributed by atoms with Crippen LogP contribution in [0.15, 0.2) is 176 Å². The maximum Gasteiger partial charge on any atom is 0.135 e. The molecule has 216 valence electrons. The zero-order chi connectivity index (χ0) is 30.5. The number of fused-ring (bicyclic) bond motifs is 3. The Hall–Kier alpha value is -6.12. The molecule has 2 nitrogen and oxygen atoms in total. The van der Waals surface area contributed by atoms with Gasteiger partial charge in [-0.25, -0.2) is 0 Å². The average Bonchev–Trinajstić information content (AvgIpc) is 3.13. The molecule has 0 atom stereocenters. The van der Waals surface area contributed by atoms with Gasteiger partial charge in [-0.05, 0) is 86.9 Å². The average molecular weight is 588 g/mol. The third-order valence-corrected chi connectivity index (χ3v) is 9.05. The molecule has 2 heteroatoms. The van der Waals surface area contributed by atoms with Crippen LogP contribution in [-0.2, 0) is 0 Å². The van der Waals surface area contributed by atoms with Crippen molar-refractivity contribution in [2.45, 2.75) is 0 Å². The van der Waals surface area contributed by atoms with Crippen LogP contribution in [0.2, 0.25) is 0 Å². The van der Waals surface area contributed by atoms with Crippen molar-refractivity contribution >= 4 is 38.6 Å². The van der Waals surface area contributed by atoms with Crippen LogP contribution in [0.4, 0.5) is 17.1 Å². The number of benzene rings is 8. The van der Waals surface area contributed by atoms with Crippen molar-refractivity contribution in [2.24, 2.45) is 0 Å². The monoisotopic (exact) mass is 587 g/mol. The number of hydrogen-bond acceptors (Lipinski definition) is 2. The Morgan fingerprint density at radius 2 is 1.00 bits per heavy atom. The van der Waals surface area contributed by atoms with E-state index in [1.165, 1.54) is 38.2 Å². The van der Waals surface area contributed by atoms with Gasteiger partial charge in [0.05, 0.1) is 5.69 Å². The SMILES string of the molecule is c1ccc(N(c2ccc(-c3cccc4ccccc34)cc2)c2ccccc2-c2ccc3c(c2)-c2cccc4cccc(c24)O3)cc1. The van der Waals surface area contributed by atoms with Crippen LogP contribution in [0.1, 0.15) is 0 Å². The highest BCUT2D eigenvalue weighted by molar-refractivity contribution is 6.05. The van der Waals surface area contributed by atoms with Crippen molar-refractivity contribution in [3.8, 4) is 44.9 Å². The van der Waals surface area contributed by atoms with Crippen LogP contribution in [0, 0.1) is 0 Å². The highest BCUT2D eigenvalue weighted by Crippen LogP contribution is 2.49. The molecule has 0 aliphatic carbocycles. The first-order valence-corrected chi connectivity index (χ1v) is 15.7. The maximum absolute atomic E-state index is 6.42. The van der Waals surface area contributed by atoms with Gasteiger partial charge in [0, 0.05) is 27.9 Å². The molecule has 0 amide bonds. The van der Waals surface area contributed by atoms with E-state index in [9.17, 15) is 0 Å². The van der Waals surface area contributed by atoms with Gasteiger partial charge in [0.25, 0.3) is 0 Å². The molecule has 0 saturated carbocycles. The van der Waals surface area contributed by atoms with Gasteiger partial charge in [0.15, 0.2) is 0 Å². The lowest BCUT2D eigenvalue weighted by atomic mass is 9.91. The van der Waals surface area contributed by atoms with E-state index in [1.807, 2.05) is 0 Å². The molecule has 46 heavy (non-hydrogen) atoms. The molecule has 0 aromatic heterocycles. The van der Waals surface area contributed by atoms with Crippen LogP contribution in [0.3, 0.4) is 0 Å². The summed E-state index contributed by atoms with van der Waals surface area (Å²) in [5, 5.41) is 4.87. The second-order valence-corrected chi connectivity index (χ2v) is 11.7. The predicted octanol–water partition coefficient (Wildman–Crippen LogP) is 12.6. The lowest BCUT2D eigenvalue weighted by molar-refractivity contribution is 0.487. The van der Waals surface area contributed by atoms with E-state index in [0.717, 1.165) is 45.3 Å². The Kier molecular flexibility index (Phi) is 6.17. The Morgan fingerprint density at radius 3 is 1.87 bits per heavy atom. The van der Waals surface area contributed by atoms with Gasteiger partial charge >= 0.3 is 0 Å². The summed E-state index contributed by atoms with van der Waals surface area (Å²) in [7, 11) is 0.